The molecule has 2 aromatic rings. The van der Waals surface area contributed by atoms with Crippen molar-refractivity contribution in [3.05, 3.63) is 63.2 Å². The lowest BCUT2D eigenvalue weighted by Gasteiger charge is -2.22. The topological polar surface area (TPSA) is 148 Å². The predicted molar refractivity (Wildman–Crippen MR) is 105 cm³/mol. The fraction of sp³-hybridized carbons (Fsp3) is 0.250. The van der Waals surface area contributed by atoms with Crippen LogP contribution >= 0.6 is 0 Å². The monoisotopic (exact) mass is 429 g/mol. The third-order valence-electron chi connectivity index (χ3n) is 4.86. The Kier molecular flexibility index (Phi) is 6.16. The number of ether oxygens (including phenoxy) is 2. The summed E-state index contributed by atoms with van der Waals surface area (Å²) in [7, 11) is 1.45. The van der Waals surface area contributed by atoms with Crippen molar-refractivity contribution in [2.24, 2.45) is 0 Å². The van der Waals surface area contributed by atoms with E-state index in [-0.39, 0.29) is 11.1 Å². The van der Waals surface area contributed by atoms with E-state index in [0.717, 1.165) is 11.0 Å². The van der Waals surface area contributed by atoms with E-state index in [1.807, 2.05) is 0 Å². The molecule has 162 valence electrons. The summed E-state index contributed by atoms with van der Waals surface area (Å²) in [6.45, 7) is 1.63. The molecule has 0 fully saturated rings. The first-order valence-corrected chi connectivity index (χ1v) is 9.22. The largest absolute Gasteiger partial charge is 0.493 e. The number of nitrogens with one attached hydrogen (secondary N) is 1. The maximum atomic E-state index is 12.8. The number of nitro benzene ring substituents is 1. The van der Waals surface area contributed by atoms with Crippen LogP contribution < -0.4 is 15.0 Å². The number of hydrogen-bond acceptors (Lipinski definition) is 8. The highest BCUT2D eigenvalue weighted by atomic mass is 16.6. The molecule has 0 aromatic heterocycles. The highest BCUT2D eigenvalue weighted by Crippen LogP contribution is 2.35. The smallest absolute Gasteiger partial charge is 0.282 e. The molecule has 2 aromatic carbocycles. The van der Waals surface area contributed by atoms with Gasteiger partial charge in [0.05, 0.1) is 30.1 Å². The average Bonchev–Trinajstić information content (AvgIpc) is 3.01. The molecule has 11 heteroatoms. The zero-order chi connectivity index (χ0) is 22.7. The van der Waals surface area contributed by atoms with Crippen molar-refractivity contribution in [2.45, 2.75) is 12.8 Å². The fourth-order valence-corrected chi connectivity index (χ4v) is 3.41. The van der Waals surface area contributed by atoms with Gasteiger partial charge in [-0.1, -0.05) is 12.1 Å². The Labute approximate surface area is 176 Å². The SMILES string of the molecule is CCOc1cc(C(CN2C(=O)c3cccc([N+](=O)[O-])c3C2=O)C(=O)NO)ccc1OC. The van der Waals surface area contributed by atoms with Crippen LogP contribution in [0.3, 0.4) is 0 Å². The van der Waals surface area contributed by atoms with Gasteiger partial charge in [-0.25, -0.2) is 5.48 Å². The number of amides is 3. The van der Waals surface area contributed by atoms with Crippen molar-refractivity contribution in [2.75, 3.05) is 20.3 Å². The first-order valence-electron chi connectivity index (χ1n) is 9.22. The van der Waals surface area contributed by atoms with Gasteiger partial charge in [-0.15, -0.1) is 0 Å². The summed E-state index contributed by atoms with van der Waals surface area (Å²) in [4.78, 5) is 49.3. The van der Waals surface area contributed by atoms with Gasteiger partial charge in [0.25, 0.3) is 23.4 Å². The quantitative estimate of drug-likeness (QED) is 0.280. The Morgan fingerprint density at radius 1 is 1.23 bits per heavy atom. The lowest BCUT2D eigenvalue weighted by atomic mass is 9.97. The van der Waals surface area contributed by atoms with E-state index in [2.05, 4.69) is 0 Å². The molecule has 1 aliphatic rings. The minimum absolute atomic E-state index is 0.118. The van der Waals surface area contributed by atoms with Gasteiger partial charge in [0, 0.05) is 12.6 Å². The second kappa shape index (κ2) is 8.79. The number of methoxy groups -OCH3 is 1. The minimum atomic E-state index is -1.17. The maximum Gasteiger partial charge on any atom is 0.282 e. The molecule has 0 saturated carbocycles. The number of hydrogen-bond donors (Lipinski definition) is 2. The van der Waals surface area contributed by atoms with E-state index in [1.165, 1.54) is 36.9 Å². The summed E-state index contributed by atoms with van der Waals surface area (Å²) >= 11 is 0. The van der Waals surface area contributed by atoms with Gasteiger partial charge in [-0.3, -0.25) is 34.6 Å². The van der Waals surface area contributed by atoms with Gasteiger partial charge >= 0.3 is 0 Å². The van der Waals surface area contributed by atoms with Gasteiger partial charge < -0.3 is 9.47 Å². The van der Waals surface area contributed by atoms with Gasteiger partial charge in [0.15, 0.2) is 11.5 Å². The number of imide groups is 1. The minimum Gasteiger partial charge on any atom is -0.493 e. The average molecular weight is 429 g/mol. The van der Waals surface area contributed by atoms with Crippen LogP contribution in [0.25, 0.3) is 0 Å². The van der Waals surface area contributed by atoms with Crippen LogP contribution in [0, 0.1) is 10.1 Å². The van der Waals surface area contributed by atoms with Gasteiger partial charge in [0.2, 0.25) is 0 Å². The first-order chi connectivity index (χ1) is 14.8. The molecule has 1 aliphatic heterocycles. The summed E-state index contributed by atoms with van der Waals surface area (Å²) in [6, 6.07) is 8.32. The Hall–Kier alpha value is -3.99. The number of carbonyl (C=O) groups is 3. The molecule has 1 unspecified atom stereocenters. The number of hydroxylamine groups is 1. The summed E-state index contributed by atoms with van der Waals surface area (Å²) in [6.07, 6.45) is 0. The molecular weight excluding hydrogens is 410 g/mol. The summed E-state index contributed by atoms with van der Waals surface area (Å²) < 4.78 is 10.7. The van der Waals surface area contributed by atoms with E-state index < -0.39 is 40.8 Å². The predicted octanol–water partition coefficient (Wildman–Crippen LogP) is 1.89. The molecule has 3 rings (SSSR count). The molecule has 0 spiro atoms. The third kappa shape index (κ3) is 3.90. The summed E-state index contributed by atoms with van der Waals surface area (Å²) in [5, 5.41) is 20.5. The van der Waals surface area contributed by atoms with Gasteiger partial charge in [-0.2, -0.15) is 0 Å². The standard InChI is InChI=1S/C20H19N3O8/c1-3-31-16-9-11(7-8-15(16)30-2)13(18(24)21-27)10-22-19(25)12-5-4-6-14(23(28)29)17(12)20(22)26/h4-9,13,27H,3,10H2,1-2H3,(H,21,24). The van der Waals surface area contributed by atoms with Crippen LogP contribution in [-0.4, -0.2) is 53.0 Å². The van der Waals surface area contributed by atoms with Crippen LogP contribution in [0.1, 0.15) is 39.1 Å². The normalized spacial score (nSPS) is 13.6. The van der Waals surface area contributed by atoms with Crippen LogP contribution in [0.4, 0.5) is 5.69 Å². The van der Waals surface area contributed by atoms with Crippen molar-refractivity contribution in [3.8, 4) is 11.5 Å². The van der Waals surface area contributed by atoms with Crippen LogP contribution in [-0.2, 0) is 4.79 Å². The third-order valence-corrected chi connectivity index (χ3v) is 4.86. The molecule has 0 radical (unpaired) electrons. The van der Waals surface area contributed by atoms with E-state index in [9.17, 15) is 29.7 Å². The van der Waals surface area contributed by atoms with Crippen LogP contribution in [0.15, 0.2) is 36.4 Å². The van der Waals surface area contributed by atoms with Crippen molar-refractivity contribution < 1.29 is 34.0 Å². The lowest BCUT2D eigenvalue weighted by molar-refractivity contribution is -0.385. The maximum absolute atomic E-state index is 12.8. The van der Waals surface area contributed by atoms with Gasteiger partial charge in [-0.05, 0) is 30.7 Å². The Balaban J connectivity index is 2.00. The lowest BCUT2D eigenvalue weighted by Crippen LogP contribution is -2.39. The molecule has 0 aliphatic carbocycles. The molecule has 0 saturated heterocycles. The summed E-state index contributed by atoms with van der Waals surface area (Å²) in [5.41, 5.74) is 0.922. The van der Waals surface area contributed by atoms with E-state index >= 15 is 0 Å². The second-order valence-electron chi connectivity index (χ2n) is 6.55. The molecular formula is C20H19N3O8. The van der Waals surface area contributed by atoms with Crippen molar-refractivity contribution >= 4 is 23.4 Å². The molecule has 0 bridgehead atoms. The zero-order valence-corrected chi connectivity index (χ0v) is 16.7. The Bertz CT molecular complexity index is 1070. The molecule has 1 heterocycles. The number of rotatable bonds is 8. The molecule has 1 atom stereocenters. The second-order valence-corrected chi connectivity index (χ2v) is 6.55. The van der Waals surface area contributed by atoms with Crippen molar-refractivity contribution in [3.63, 3.8) is 0 Å². The number of fused-ring (bicyclic) bond motifs is 1. The molecule has 31 heavy (non-hydrogen) atoms. The highest BCUT2D eigenvalue weighted by molar-refractivity contribution is 6.23. The van der Waals surface area contributed by atoms with Gasteiger partial charge in [0.1, 0.15) is 5.56 Å². The Morgan fingerprint density at radius 3 is 2.58 bits per heavy atom. The van der Waals surface area contributed by atoms with Crippen LogP contribution in [0.2, 0.25) is 0 Å². The summed E-state index contributed by atoms with van der Waals surface area (Å²) in [5.74, 6) is -2.96. The molecule has 11 nitrogen and oxygen atoms in total. The Morgan fingerprint density at radius 2 is 1.97 bits per heavy atom. The number of carbonyl (C=O) groups excluding carboxylic acids is 3. The molecule has 3 amide bonds. The number of nitrogens with zero attached hydrogens (tertiary/aromatic N) is 2. The van der Waals surface area contributed by atoms with E-state index in [1.54, 1.807) is 13.0 Å². The van der Waals surface area contributed by atoms with E-state index in [4.69, 9.17) is 9.47 Å². The van der Waals surface area contributed by atoms with Crippen molar-refractivity contribution in [1.29, 1.82) is 0 Å². The van der Waals surface area contributed by atoms with E-state index in [0.29, 0.717) is 23.7 Å². The molecule has 2 N–H and O–H groups in total. The van der Waals surface area contributed by atoms with Crippen LogP contribution in [0.5, 0.6) is 11.5 Å². The number of nitro groups is 1. The first kappa shape index (κ1) is 21.7. The zero-order valence-electron chi connectivity index (χ0n) is 16.7. The van der Waals surface area contributed by atoms with Crippen molar-refractivity contribution in [1.82, 2.24) is 10.4 Å². The fourth-order valence-electron chi connectivity index (χ4n) is 3.41. The number of benzene rings is 2. The highest BCUT2D eigenvalue weighted by Gasteiger charge is 2.42.